The Bertz CT molecular complexity index is 429. The van der Waals surface area contributed by atoms with Gasteiger partial charge in [-0.3, -0.25) is 0 Å². The van der Waals surface area contributed by atoms with Crippen LogP contribution in [0.3, 0.4) is 0 Å². The van der Waals surface area contributed by atoms with E-state index in [0.717, 1.165) is 6.42 Å². The second-order valence-corrected chi connectivity index (χ2v) is 6.86. The van der Waals surface area contributed by atoms with Gasteiger partial charge in [-0.25, -0.2) is 13.9 Å². The number of hydrogen-bond donors (Lipinski definition) is 0. The minimum Gasteiger partial charge on any atom is -0.463 e. The van der Waals surface area contributed by atoms with Crippen LogP contribution in [-0.2, 0) is 23.1 Å². The van der Waals surface area contributed by atoms with Crippen LogP contribution in [0.5, 0.6) is 0 Å². The lowest BCUT2D eigenvalue weighted by atomic mass is 10.1. The van der Waals surface area contributed by atoms with Crippen molar-refractivity contribution < 1.29 is 14.1 Å². The molecule has 0 saturated heterocycles. The molecule has 1 aromatic rings. The van der Waals surface area contributed by atoms with Crippen LogP contribution in [0.15, 0.2) is 18.7 Å². The zero-order chi connectivity index (χ0) is 17.5. The summed E-state index contributed by atoms with van der Waals surface area (Å²) in [6.07, 6.45) is 21.5. The van der Waals surface area contributed by atoms with Crippen molar-refractivity contribution in [3.63, 3.8) is 0 Å². The molecular weight excluding hydrogens is 300 g/mol. The Morgan fingerprint density at radius 2 is 1.46 bits per heavy atom. The lowest BCUT2D eigenvalue weighted by Gasteiger charge is -2.04. The maximum absolute atomic E-state index is 11.7. The quantitative estimate of drug-likeness (QED) is 0.267. The van der Waals surface area contributed by atoms with Gasteiger partial charge in [0.25, 0.3) is 0 Å². The molecular formula is C20H37N2O2+. The number of carbonyl (C=O) groups excluding carboxylic acids is 1. The van der Waals surface area contributed by atoms with Crippen LogP contribution >= 0.6 is 0 Å². The minimum atomic E-state index is -0.144. The molecule has 0 aliphatic rings. The van der Waals surface area contributed by atoms with Gasteiger partial charge in [-0.2, -0.15) is 0 Å². The van der Waals surface area contributed by atoms with E-state index in [2.05, 4.69) is 6.92 Å². The average molecular weight is 338 g/mol. The number of carbonyl (C=O) groups is 1. The van der Waals surface area contributed by atoms with E-state index < -0.39 is 0 Å². The highest BCUT2D eigenvalue weighted by molar-refractivity contribution is 5.69. The Morgan fingerprint density at radius 1 is 0.917 bits per heavy atom. The first-order chi connectivity index (χ1) is 11.7. The first-order valence-corrected chi connectivity index (χ1v) is 9.89. The summed E-state index contributed by atoms with van der Waals surface area (Å²) >= 11 is 0. The minimum absolute atomic E-state index is 0.144. The molecule has 0 aliphatic heterocycles. The van der Waals surface area contributed by atoms with E-state index in [4.69, 9.17) is 4.74 Å². The van der Waals surface area contributed by atoms with Crippen LogP contribution in [0, 0.1) is 0 Å². The van der Waals surface area contributed by atoms with Gasteiger partial charge in [-0.15, -0.1) is 0 Å². The Labute approximate surface area is 148 Å². The standard InChI is InChI=1S/C20H37N2O2/c1-3-4-5-6-7-8-9-10-11-12-13-14-17-24-20(23)18-22-16-15-21(2)19-22/h15-16,19H,3-14,17-18H2,1-2H3/q+1. The fraction of sp³-hybridized carbons (Fsp3) is 0.800. The summed E-state index contributed by atoms with van der Waals surface area (Å²) in [6, 6.07) is 0. The molecule has 0 N–H and O–H groups in total. The first kappa shape index (κ1) is 20.7. The molecule has 0 unspecified atom stereocenters. The number of aromatic nitrogens is 2. The maximum Gasteiger partial charge on any atom is 0.348 e. The topological polar surface area (TPSA) is 35.1 Å². The summed E-state index contributed by atoms with van der Waals surface area (Å²) in [5, 5.41) is 0. The van der Waals surface area contributed by atoms with E-state index in [0.29, 0.717) is 13.2 Å². The number of unbranched alkanes of at least 4 members (excludes halogenated alkanes) is 11. The molecule has 24 heavy (non-hydrogen) atoms. The van der Waals surface area contributed by atoms with Gasteiger partial charge in [0.15, 0.2) is 6.54 Å². The number of rotatable bonds is 15. The summed E-state index contributed by atoms with van der Waals surface area (Å²) in [4.78, 5) is 11.7. The van der Waals surface area contributed by atoms with E-state index >= 15 is 0 Å². The molecule has 1 rings (SSSR count). The molecule has 0 fully saturated rings. The van der Waals surface area contributed by atoms with Crippen molar-refractivity contribution in [2.75, 3.05) is 6.61 Å². The smallest absolute Gasteiger partial charge is 0.348 e. The molecule has 1 heterocycles. The molecule has 4 nitrogen and oxygen atoms in total. The Kier molecular flexibility index (Phi) is 12.1. The van der Waals surface area contributed by atoms with E-state index in [1.165, 1.54) is 70.6 Å². The van der Waals surface area contributed by atoms with Gasteiger partial charge in [0.05, 0.1) is 13.7 Å². The van der Waals surface area contributed by atoms with Crippen molar-refractivity contribution in [3.05, 3.63) is 18.7 Å². The monoisotopic (exact) mass is 337 g/mol. The molecule has 0 atom stereocenters. The van der Waals surface area contributed by atoms with Gasteiger partial charge < -0.3 is 4.74 Å². The summed E-state index contributed by atoms with van der Waals surface area (Å²) < 4.78 is 9.03. The van der Waals surface area contributed by atoms with Crippen LogP contribution < -0.4 is 4.57 Å². The summed E-state index contributed by atoms with van der Waals surface area (Å²) in [7, 11) is 1.94. The molecule has 0 amide bonds. The van der Waals surface area contributed by atoms with Crippen molar-refractivity contribution in [2.45, 2.75) is 90.5 Å². The lowest BCUT2D eigenvalue weighted by Crippen LogP contribution is -2.24. The normalized spacial score (nSPS) is 10.9. The summed E-state index contributed by atoms with van der Waals surface area (Å²) in [5.41, 5.74) is 0. The van der Waals surface area contributed by atoms with Crippen molar-refractivity contribution in [2.24, 2.45) is 7.05 Å². The zero-order valence-electron chi connectivity index (χ0n) is 15.8. The van der Waals surface area contributed by atoms with E-state index in [9.17, 15) is 4.79 Å². The van der Waals surface area contributed by atoms with Gasteiger partial charge in [0, 0.05) is 0 Å². The number of nitrogens with zero attached hydrogens (tertiary/aromatic N) is 2. The molecule has 0 aliphatic carbocycles. The summed E-state index contributed by atoms with van der Waals surface area (Å²) in [5.74, 6) is -0.144. The second-order valence-electron chi connectivity index (χ2n) is 6.86. The number of aryl methyl sites for hydroxylation is 1. The first-order valence-electron chi connectivity index (χ1n) is 9.89. The highest BCUT2D eigenvalue weighted by Gasteiger charge is 2.08. The van der Waals surface area contributed by atoms with Crippen molar-refractivity contribution in [1.82, 2.24) is 4.57 Å². The van der Waals surface area contributed by atoms with Gasteiger partial charge in [-0.1, -0.05) is 77.6 Å². The van der Waals surface area contributed by atoms with Crippen LogP contribution in [0.2, 0.25) is 0 Å². The van der Waals surface area contributed by atoms with E-state index in [-0.39, 0.29) is 5.97 Å². The SMILES string of the molecule is CCCCCCCCCCCCCCOC(=O)Cn1cc[n+](C)c1. The van der Waals surface area contributed by atoms with E-state index in [1.54, 1.807) is 0 Å². The fourth-order valence-corrected chi connectivity index (χ4v) is 2.92. The van der Waals surface area contributed by atoms with Crippen LogP contribution in [-0.4, -0.2) is 17.1 Å². The molecule has 0 radical (unpaired) electrons. The lowest BCUT2D eigenvalue weighted by molar-refractivity contribution is -0.671. The largest absolute Gasteiger partial charge is 0.463 e. The maximum atomic E-state index is 11.7. The Morgan fingerprint density at radius 3 is 1.96 bits per heavy atom. The number of hydrogen-bond acceptors (Lipinski definition) is 2. The molecule has 138 valence electrons. The van der Waals surface area contributed by atoms with Crippen LogP contribution in [0.25, 0.3) is 0 Å². The molecule has 0 aromatic carbocycles. The van der Waals surface area contributed by atoms with E-state index in [1.807, 2.05) is 34.9 Å². The molecule has 4 heteroatoms. The van der Waals surface area contributed by atoms with Gasteiger partial charge in [0.2, 0.25) is 6.33 Å². The van der Waals surface area contributed by atoms with Gasteiger partial charge in [0.1, 0.15) is 12.4 Å². The third-order valence-electron chi connectivity index (χ3n) is 4.40. The van der Waals surface area contributed by atoms with Crippen molar-refractivity contribution in [1.29, 1.82) is 0 Å². The predicted octanol–water partition coefficient (Wildman–Crippen LogP) is 4.56. The number of ether oxygens (including phenoxy) is 1. The Balaban J connectivity index is 1.81. The summed E-state index contributed by atoms with van der Waals surface area (Å²) in [6.45, 7) is 3.13. The van der Waals surface area contributed by atoms with Crippen LogP contribution in [0.1, 0.15) is 84.0 Å². The van der Waals surface area contributed by atoms with Crippen molar-refractivity contribution in [3.8, 4) is 0 Å². The highest BCUT2D eigenvalue weighted by Crippen LogP contribution is 2.11. The average Bonchev–Trinajstić information content (AvgIpc) is 2.96. The molecule has 0 saturated carbocycles. The predicted molar refractivity (Wildman–Crippen MR) is 97.6 cm³/mol. The fourth-order valence-electron chi connectivity index (χ4n) is 2.92. The third-order valence-corrected chi connectivity index (χ3v) is 4.40. The number of imidazole rings is 1. The zero-order valence-corrected chi connectivity index (χ0v) is 15.8. The molecule has 0 spiro atoms. The van der Waals surface area contributed by atoms with Gasteiger partial charge in [-0.05, 0) is 6.42 Å². The highest BCUT2D eigenvalue weighted by atomic mass is 16.5. The third kappa shape index (κ3) is 11.3. The van der Waals surface area contributed by atoms with Crippen LogP contribution in [0.4, 0.5) is 0 Å². The molecule has 0 bridgehead atoms. The molecule has 1 aromatic heterocycles. The second kappa shape index (κ2) is 14.1. The Hall–Kier alpha value is -1.32. The van der Waals surface area contributed by atoms with Crippen molar-refractivity contribution >= 4 is 5.97 Å². The number of esters is 1. The van der Waals surface area contributed by atoms with Gasteiger partial charge >= 0.3 is 5.97 Å².